The molecule has 1 heterocycles. The van der Waals surface area contributed by atoms with Crippen LogP contribution in [0.2, 0.25) is 5.02 Å². The monoisotopic (exact) mass is 500 g/mol. The number of unbranched alkanes of at least 4 members (excludes halogenated alkanes) is 2. The SMILES string of the molecule is CCCCCn1nc(C(=O)OCC(=O)NNC(=O)COc2ccc(Cl)cc2)c2ccccc2c1=O. The number of benzene rings is 2. The molecule has 3 rings (SSSR count). The Kier molecular flexibility index (Phi) is 9.19. The molecule has 184 valence electrons. The molecule has 0 aliphatic rings. The minimum Gasteiger partial charge on any atom is -0.484 e. The van der Waals surface area contributed by atoms with Crippen molar-refractivity contribution in [2.24, 2.45) is 0 Å². The highest BCUT2D eigenvalue weighted by Crippen LogP contribution is 2.16. The van der Waals surface area contributed by atoms with Crippen LogP contribution in [0.1, 0.15) is 36.7 Å². The molecule has 0 unspecified atom stereocenters. The third-order valence-corrected chi connectivity index (χ3v) is 5.15. The summed E-state index contributed by atoms with van der Waals surface area (Å²) in [6.45, 7) is 1.39. The summed E-state index contributed by atoms with van der Waals surface area (Å²) < 4.78 is 11.6. The van der Waals surface area contributed by atoms with E-state index in [0.29, 0.717) is 28.1 Å². The van der Waals surface area contributed by atoms with Crippen LogP contribution < -0.4 is 21.1 Å². The van der Waals surface area contributed by atoms with E-state index in [1.807, 2.05) is 6.92 Å². The van der Waals surface area contributed by atoms with E-state index in [0.717, 1.165) is 19.3 Å². The molecule has 35 heavy (non-hydrogen) atoms. The number of fused-ring (bicyclic) bond motifs is 1. The van der Waals surface area contributed by atoms with E-state index in [-0.39, 0.29) is 17.9 Å². The first-order valence-corrected chi connectivity index (χ1v) is 11.4. The maximum atomic E-state index is 12.7. The number of aromatic nitrogens is 2. The van der Waals surface area contributed by atoms with E-state index in [1.54, 1.807) is 48.5 Å². The lowest BCUT2D eigenvalue weighted by Gasteiger charge is -2.11. The van der Waals surface area contributed by atoms with Gasteiger partial charge in [-0.1, -0.05) is 49.6 Å². The van der Waals surface area contributed by atoms with E-state index >= 15 is 0 Å². The van der Waals surface area contributed by atoms with Crippen molar-refractivity contribution in [2.45, 2.75) is 32.7 Å². The van der Waals surface area contributed by atoms with Crippen LogP contribution in [0.15, 0.2) is 53.3 Å². The average Bonchev–Trinajstić information content (AvgIpc) is 2.87. The molecule has 11 heteroatoms. The van der Waals surface area contributed by atoms with Crippen molar-refractivity contribution in [1.29, 1.82) is 0 Å². The van der Waals surface area contributed by atoms with Crippen LogP contribution in [0.5, 0.6) is 5.75 Å². The molecule has 0 radical (unpaired) electrons. The minimum atomic E-state index is -0.863. The van der Waals surface area contributed by atoms with E-state index in [2.05, 4.69) is 16.0 Å². The minimum absolute atomic E-state index is 0.0649. The van der Waals surface area contributed by atoms with Crippen molar-refractivity contribution in [3.8, 4) is 5.75 Å². The van der Waals surface area contributed by atoms with Gasteiger partial charge in [-0.25, -0.2) is 9.48 Å². The zero-order valence-corrected chi connectivity index (χ0v) is 19.8. The Morgan fingerprint density at radius 2 is 1.60 bits per heavy atom. The van der Waals surface area contributed by atoms with Gasteiger partial charge in [-0.2, -0.15) is 5.10 Å². The number of nitrogens with zero attached hydrogens (tertiary/aromatic N) is 2. The first-order chi connectivity index (χ1) is 16.9. The van der Waals surface area contributed by atoms with Gasteiger partial charge in [0.15, 0.2) is 18.9 Å². The predicted molar refractivity (Wildman–Crippen MR) is 129 cm³/mol. The molecular weight excluding hydrogens is 476 g/mol. The summed E-state index contributed by atoms with van der Waals surface area (Å²) in [5.74, 6) is -1.82. The van der Waals surface area contributed by atoms with Crippen LogP contribution in [0.4, 0.5) is 0 Å². The normalized spacial score (nSPS) is 10.6. The second kappa shape index (κ2) is 12.5. The molecule has 2 amide bonds. The van der Waals surface area contributed by atoms with Crippen molar-refractivity contribution in [2.75, 3.05) is 13.2 Å². The third-order valence-electron chi connectivity index (χ3n) is 4.89. The van der Waals surface area contributed by atoms with Gasteiger partial charge in [-0.15, -0.1) is 0 Å². The second-order valence-corrected chi connectivity index (χ2v) is 7.98. The van der Waals surface area contributed by atoms with Gasteiger partial charge in [0.2, 0.25) is 0 Å². The Balaban J connectivity index is 1.55. The maximum absolute atomic E-state index is 12.7. The standard InChI is InChI=1S/C24H25ClN4O6/c1-2-3-6-13-29-23(32)19-8-5-4-7-18(19)22(28-29)24(33)35-15-21(31)27-26-20(30)14-34-17-11-9-16(25)10-12-17/h4-5,7-12H,2-3,6,13-15H2,1H3,(H,26,30)(H,27,31). The van der Waals surface area contributed by atoms with E-state index in [1.165, 1.54) is 4.68 Å². The summed E-state index contributed by atoms with van der Waals surface area (Å²) in [6, 6.07) is 13.0. The zero-order valence-electron chi connectivity index (χ0n) is 19.1. The summed E-state index contributed by atoms with van der Waals surface area (Å²) in [7, 11) is 0. The van der Waals surface area contributed by atoms with Crippen molar-refractivity contribution >= 4 is 40.2 Å². The van der Waals surface area contributed by atoms with E-state index in [4.69, 9.17) is 21.1 Å². The highest BCUT2D eigenvalue weighted by atomic mass is 35.5. The highest BCUT2D eigenvalue weighted by molar-refractivity contribution is 6.30. The Morgan fingerprint density at radius 3 is 2.29 bits per heavy atom. The fourth-order valence-electron chi connectivity index (χ4n) is 3.14. The van der Waals surface area contributed by atoms with Crippen LogP contribution in [-0.2, 0) is 20.9 Å². The van der Waals surface area contributed by atoms with Crippen LogP contribution in [0.3, 0.4) is 0 Å². The molecule has 1 aromatic heterocycles. The topological polar surface area (TPSA) is 129 Å². The van der Waals surface area contributed by atoms with Gasteiger partial charge in [0.05, 0.1) is 5.39 Å². The maximum Gasteiger partial charge on any atom is 0.359 e. The number of amides is 2. The molecule has 0 atom stereocenters. The summed E-state index contributed by atoms with van der Waals surface area (Å²) in [5.41, 5.74) is 3.93. The quantitative estimate of drug-likeness (QED) is 0.249. The molecule has 2 aromatic carbocycles. The number of carbonyl (C=O) groups is 3. The zero-order chi connectivity index (χ0) is 25.2. The van der Waals surface area contributed by atoms with Gasteiger partial charge in [0.25, 0.3) is 17.4 Å². The Bertz CT molecular complexity index is 1260. The molecule has 10 nitrogen and oxygen atoms in total. The van der Waals surface area contributed by atoms with Crippen LogP contribution in [-0.4, -0.2) is 40.8 Å². The fourth-order valence-corrected chi connectivity index (χ4v) is 3.27. The second-order valence-electron chi connectivity index (χ2n) is 7.54. The molecule has 0 spiro atoms. The van der Waals surface area contributed by atoms with Crippen LogP contribution in [0, 0.1) is 0 Å². The highest BCUT2D eigenvalue weighted by Gasteiger charge is 2.19. The van der Waals surface area contributed by atoms with Gasteiger partial charge in [0.1, 0.15) is 5.75 Å². The summed E-state index contributed by atoms with van der Waals surface area (Å²) >= 11 is 5.78. The number of hydrazine groups is 1. The number of aryl methyl sites for hydroxylation is 1. The number of halogens is 1. The lowest BCUT2D eigenvalue weighted by molar-refractivity contribution is -0.131. The number of hydrogen-bond acceptors (Lipinski definition) is 7. The van der Waals surface area contributed by atoms with Gasteiger partial charge in [-0.05, 0) is 36.8 Å². The predicted octanol–water partition coefficient (Wildman–Crippen LogP) is 2.62. The molecule has 0 aliphatic heterocycles. The Morgan fingerprint density at radius 1 is 0.943 bits per heavy atom. The summed E-state index contributed by atoms with van der Waals surface area (Å²) in [5, 5.41) is 5.39. The number of hydrogen-bond donors (Lipinski definition) is 2. The van der Waals surface area contributed by atoms with Gasteiger partial charge in [-0.3, -0.25) is 25.2 Å². The molecule has 3 aromatic rings. The smallest absolute Gasteiger partial charge is 0.359 e. The largest absolute Gasteiger partial charge is 0.484 e. The molecule has 0 saturated heterocycles. The van der Waals surface area contributed by atoms with Gasteiger partial charge >= 0.3 is 5.97 Å². The van der Waals surface area contributed by atoms with Crippen LogP contribution in [0.25, 0.3) is 10.8 Å². The average molecular weight is 501 g/mol. The molecular formula is C24H25ClN4O6. The van der Waals surface area contributed by atoms with E-state index < -0.39 is 24.4 Å². The lowest BCUT2D eigenvalue weighted by atomic mass is 10.1. The molecule has 0 fully saturated rings. The lowest BCUT2D eigenvalue weighted by Crippen LogP contribution is -2.45. The van der Waals surface area contributed by atoms with Crippen LogP contribution >= 0.6 is 11.6 Å². The summed E-state index contributed by atoms with van der Waals surface area (Å²) in [4.78, 5) is 49.2. The number of nitrogens with one attached hydrogen (secondary N) is 2. The number of ether oxygens (including phenoxy) is 2. The number of rotatable bonds is 10. The fraction of sp³-hybridized carbons (Fsp3) is 0.292. The van der Waals surface area contributed by atoms with Gasteiger partial charge in [0, 0.05) is 17.0 Å². The Labute approximate surface area is 206 Å². The first kappa shape index (κ1) is 25.7. The third kappa shape index (κ3) is 7.28. The molecule has 0 bridgehead atoms. The van der Waals surface area contributed by atoms with E-state index in [9.17, 15) is 19.2 Å². The number of carbonyl (C=O) groups excluding carboxylic acids is 3. The Hall–Kier alpha value is -3.92. The molecule has 2 N–H and O–H groups in total. The summed E-state index contributed by atoms with van der Waals surface area (Å²) in [6.07, 6.45) is 2.62. The van der Waals surface area contributed by atoms with Crippen molar-refractivity contribution in [1.82, 2.24) is 20.6 Å². The molecule has 0 saturated carbocycles. The van der Waals surface area contributed by atoms with Gasteiger partial charge < -0.3 is 9.47 Å². The van der Waals surface area contributed by atoms with Crippen molar-refractivity contribution in [3.63, 3.8) is 0 Å². The molecule has 0 aliphatic carbocycles. The van der Waals surface area contributed by atoms with Crippen molar-refractivity contribution < 1.29 is 23.9 Å². The number of esters is 1. The first-order valence-electron chi connectivity index (χ1n) is 11.0. The van der Waals surface area contributed by atoms with Crippen molar-refractivity contribution in [3.05, 3.63) is 69.6 Å².